The first kappa shape index (κ1) is 15.9. The molecule has 1 aromatic heterocycles. The van der Waals surface area contributed by atoms with Crippen LogP contribution < -0.4 is 5.32 Å². The number of nitrogens with one attached hydrogen (secondary N) is 1. The smallest absolute Gasteiger partial charge is 0.308 e. The zero-order valence-electron chi connectivity index (χ0n) is 12.5. The highest BCUT2D eigenvalue weighted by molar-refractivity contribution is 5.92. The minimum absolute atomic E-state index is 0.312. The monoisotopic (exact) mass is 279 g/mol. The zero-order chi connectivity index (χ0) is 15.4. The van der Waals surface area contributed by atoms with Crippen LogP contribution >= 0.6 is 0 Å². The highest BCUT2D eigenvalue weighted by Gasteiger charge is 2.20. The van der Waals surface area contributed by atoms with E-state index >= 15 is 0 Å². The summed E-state index contributed by atoms with van der Waals surface area (Å²) in [5, 5.41) is 15.8. The van der Waals surface area contributed by atoms with E-state index in [9.17, 15) is 9.59 Å². The first-order valence-corrected chi connectivity index (χ1v) is 6.45. The third kappa shape index (κ3) is 3.69. The predicted molar refractivity (Wildman–Crippen MR) is 76.1 cm³/mol. The number of carboxylic acid groups (broad SMARTS) is 1. The molecule has 6 heteroatoms. The fraction of sp³-hybridized carbons (Fsp3) is 0.500. The van der Waals surface area contributed by atoms with E-state index in [1.165, 1.54) is 6.08 Å². The molecule has 0 aliphatic heterocycles. The van der Waals surface area contributed by atoms with Gasteiger partial charge in [-0.3, -0.25) is 14.3 Å². The number of carbonyl (C=O) groups is 2. The van der Waals surface area contributed by atoms with Crippen LogP contribution in [-0.2, 0) is 16.6 Å². The Labute approximate surface area is 118 Å². The predicted octanol–water partition coefficient (Wildman–Crippen LogP) is 1.28. The molecule has 0 aromatic carbocycles. The van der Waals surface area contributed by atoms with E-state index in [0.717, 1.165) is 17.0 Å². The Bertz CT molecular complexity index is 546. The van der Waals surface area contributed by atoms with Crippen LogP contribution in [0, 0.1) is 19.8 Å². The number of carboxylic acids is 1. The summed E-state index contributed by atoms with van der Waals surface area (Å²) in [5.74, 6) is -1.87. The van der Waals surface area contributed by atoms with Crippen LogP contribution in [0.5, 0.6) is 0 Å². The van der Waals surface area contributed by atoms with Crippen molar-refractivity contribution in [3.63, 3.8) is 0 Å². The molecular weight excluding hydrogens is 258 g/mol. The molecule has 2 atom stereocenters. The van der Waals surface area contributed by atoms with Crippen LogP contribution in [0.25, 0.3) is 6.08 Å². The van der Waals surface area contributed by atoms with Gasteiger partial charge in [-0.25, -0.2) is 0 Å². The third-order valence-corrected chi connectivity index (χ3v) is 3.48. The molecule has 0 bridgehead atoms. The van der Waals surface area contributed by atoms with Crippen molar-refractivity contribution >= 4 is 18.0 Å². The molecule has 1 aromatic rings. The van der Waals surface area contributed by atoms with Crippen molar-refractivity contribution in [2.45, 2.75) is 33.7 Å². The maximum absolute atomic E-state index is 11.8. The second-order valence-electron chi connectivity index (χ2n) is 4.97. The average molecular weight is 279 g/mol. The van der Waals surface area contributed by atoms with E-state index in [1.807, 2.05) is 20.9 Å². The number of nitrogens with zero attached hydrogens (tertiary/aromatic N) is 2. The number of aryl methyl sites for hydroxylation is 2. The van der Waals surface area contributed by atoms with Crippen LogP contribution in [0.4, 0.5) is 0 Å². The Morgan fingerprint density at radius 1 is 1.35 bits per heavy atom. The van der Waals surface area contributed by atoms with E-state index in [4.69, 9.17) is 5.11 Å². The molecule has 6 nitrogen and oxygen atoms in total. The lowest BCUT2D eigenvalue weighted by molar-refractivity contribution is -0.142. The van der Waals surface area contributed by atoms with Crippen molar-refractivity contribution in [3.05, 3.63) is 23.0 Å². The van der Waals surface area contributed by atoms with Crippen LogP contribution in [0.15, 0.2) is 6.08 Å². The molecule has 0 spiro atoms. The van der Waals surface area contributed by atoms with Crippen molar-refractivity contribution < 1.29 is 14.7 Å². The molecule has 110 valence electrons. The Morgan fingerprint density at radius 2 is 1.95 bits per heavy atom. The van der Waals surface area contributed by atoms with Crippen LogP contribution in [0.3, 0.4) is 0 Å². The lowest BCUT2D eigenvalue weighted by Crippen LogP contribution is -2.39. The minimum Gasteiger partial charge on any atom is -0.481 e. The molecule has 0 aliphatic carbocycles. The van der Waals surface area contributed by atoms with Crippen molar-refractivity contribution in [3.8, 4) is 0 Å². The fourth-order valence-corrected chi connectivity index (χ4v) is 1.80. The van der Waals surface area contributed by atoms with Crippen molar-refractivity contribution in [1.29, 1.82) is 0 Å². The number of aromatic nitrogens is 2. The summed E-state index contributed by atoms with van der Waals surface area (Å²) in [6, 6.07) is -0.430. The van der Waals surface area contributed by atoms with Gasteiger partial charge in [0.2, 0.25) is 5.91 Å². The molecule has 2 unspecified atom stereocenters. The largest absolute Gasteiger partial charge is 0.481 e. The second-order valence-corrected chi connectivity index (χ2v) is 4.97. The summed E-state index contributed by atoms with van der Waals surface area (Å²) >= 11 is 0. The number of carbonyl (C=O) groups excluding carboxylic acids is 1. The number of aliphatic carboxylic acids is 1. The third-order valence-electron chi connectivity index (χ3n) is 3.48. The van der Waals surface area contributed by atoms with Gasteiger partial charge in [-0.2, -0.15) is 5.10 Å². The number of amides is 1. The van der Waals surface area contributed by atoms with Crippen LogP contribution in [0.1, 0.15) is 30.8 Å². The summed E-state index contributed by atoms with van der Waals surface area (Å²) in [5.41, 5.74) is 2.72. The topological polar surface area (TPSA) is 84.2 Å². The lowest BCUT2D eigenvalue weighted by Gasteiger charge is -2.16. The Hall–Kier alpha value is -2.11. The quantitative estimate of drug-likeness (QED) is 0.795. The van der Waals surface area contributed by atoms with Crippen molar-refractivity contribution in [2.24, 2.45) is 13.0 Å². The fourth-order valence-electron chi connectivity index (χ4n) is 1.80. The van der Waals surface area contributed by atoms with Gasteiger partial charge in [0.25, 0.3) is 0 Å². The lowest BCUT2D eigenvalue weighted by atomic mass is 10.0. The van der Waals surface area contributed by atoms with Crippen molar-refractivity contribution in [1.82, 2.24) is 15.1 Å². The number of rotatable bonds is 5. The first-order valence-electron chi connectivity index (χ1n) is 6.45. The highest BCUT2D eigenvalue weighted by atomic mass is 16.4. The standard InChI is InChI=1S/C14H21N3O3/c1-8(14(19)20)9(2)15-13(18)7-6-12-10(3)16-17(5)11(12)4/h6-9H,1-5H3,(H,15,18)(H,19,20)/b7-6+. The molecule has 0 saturated carbocycles. The van der Waals surface area contributed by atoms with Gasteiger partial charge >= 0.3 is 5.97 Å². The SMILES string of the molecule is Cc1nn(C)c(C)c1/C=C/C(=O)NC(C)C(C)C(=O)O. The number of hydrogen-bond acceptors (Lipinski definition) is 3. The van der Waals surface area contributed by atoms with Gasteiger partial charge in [-0.1, -0.05) is 0 Å². The molecule has 1 amide bonds. The molecular formula is C14H21N3O3. The Balaban J connectivity index is 2.71. The highest BCUT2D eigenvalue weighted by Crippen LogP contribution is 2.13. The van der Waals surface area contributed by atoms with Gasteiger partial charge in [0.1, 0.15) is 0 Å². The van der Waals surface area contributed by atoms with E-state index in [0.29, 0.717) is 0 Å². The summed E-state index contributed by atoms with van der Waals surface area (Å²) in [6.45, 7) is 7.03. The normalized spacial score (nSPS) is 14.2. The van der Waals surface area contributed by atoms with Gasteiger partial charge < -0.3 is 10.4 Å². The van der Waals surface area contributed by atoms with Gasteiger partial charge in [0.15, 0.2) is 0 Å². The molecule has 0 radical (unpaired) electrons. The molecule has 1 rings (SSSR count). The molecule has 0 fully saturated rings. The first-order chi connectivity index (χ1) is 9.23. The van der Waals surface area contributed by atoms with Gasteiger partial charge in [-0.15, -0.1) is 0 Å². The van der Waals surface area contributed by atoms with E-state index in [1.54, 1.807) is 24.6 Å². The van der Waals surface area contributed by atoms with Crippen molar-refractivity contribution in [2.75, 3.05) is 0 Å². The molecule has 1 heterocycles. The molecule has 0 saturated heterocycles. The zero-order valence-corrected chi connectivity index (χ0v) is 12.5. The van der Waals surface area contributed by atoms with E-state index < -0.39 is 17.9 Å². The maximum atomic E-state index is 11.8. The Kier molecular flexibility index (Phi) is 5.07. The molecule has 0 aliphatic rings. The summed E-state index contributed by atoms with van der Waals surface area (Å²) in [7, 11) is 1.84. The Morgan fingerprint density at radius 3 is 2.40 bits per heavy atom. The van der Waals surface area contributed by atoms with E-state index in [2.05, 4.69) is 10.4 Å². The van der Waals surface area contributed by atoms with Crippen LogP contribution in [-0.4, -0.2) is 32.8 Å². The van der Waals surface area contributed by atoms with Gasteiger partial charge in [-0.05, 0) is 33.8 Å². The molecule has 20 heavy (non-hydrogen) atoms. The summed E-state index contributed by atoms with van der Waals surface area (Å²) < 4.78 is 1.75. The maximum Gasteiger partial charge on any atom is 0.308 e. The minimum atomic E-state index is -0.930. The second kappa shape index (κ2) is 6.36. The van der Waals surface area contributed by atoms with Gasteiger partial charge in [0.05, 0.1) is 11.6 Å². The average Bonchev–Trinajstić information content (AvgIpc) is 2.60. The molecule has 2 N–H and O–H groups in total. The number of hydrogen-bond donors (Lipinski definition) is 2. The van der Waals surface area contributed by atoms with Gasteiger partial charge in [0, 0.05) is 30.4 Å². The summed E-state index contributed by atoms with van der Waals surface area (Å²) in [6.07, 6.45) is 3.10. The van der Waals surface area contributed by atoms with Crippen LogP contribution in [0.2, 0.25) is 0 Å². The summed E-state index contributed by atoms with van der Waals surface area (Å²) in [4.78, 5) is 22.6. The van der Waals surface area contributed by atoms with E-state index in [-0.39, 0.29) is 5.91 Å².